The Kier molecular flexibility index (Phi) is 2.43. The summed E-state index contributed by atoms with van der Waals surface area (Å²) in [5, 5.41) is 2.74. The van der Waals surface area contributed by atoms with Gasteiger partial charge in [-0.1, -0.05) is 0 Å². The highest BCUT2D eigenvalue weighted by Gasteiger charge is 2.02. The number of nitrogens with zero attached hydrogens (tertiary/aromatic N) is 2. The molecule has 0 unspecified atom stereocenters. The molecule has 4 nitrogen and oxygen atoms in total. The van der Waals surface area contributed by atoms with Crippen LogP contribution in [0.15, 0.2) is 28.0 Å². The Bertz CT molecular complexity index is 282. The van der Waals surface area contributed by atoms with Crippen molar-refractivity contribution in [3.8, 4) is 0 Å². The minimum absolute atomic E-state index is 0.322. The van der Waals surface area contributed by atoms with E-state index in [1.165, 1.54) is 6.20 Å². The van der Waals surface area contributed by atoms with E-state index in [2.05, 4.69) is 26.0 Å². The van der Waals surface area contributed by atoms with Crippen LogP contribution in [0.1, 0.15) is 10.4 Å². The quantitative estimate of drug-likeness (QED) is 0.573. The second kappa shape index (κ2) is 3.34. The number of carbonyl (C=O) groups excluding carboxylic acids is 1. The SMILES string of the molecule is N=NC(=O)c1ccc(Br)nc1. The molecule has 1 amide bonds. The molecule has 0 aliphatic heterocycles. The number of pyridine rings is 1. The number of hydrogen-bond donors (Lipinski definition) is 1. The molecule has 0 radical (unpaired) electrons. The van der Waals surface area contributed by atoms with Crippen LogP contribution in [-0.2, 0) is 0 Å². The summed E-state index contributed by atoms with van der Waals surface area (Å²) in [5.41, 5.74) is 6.76. The first kappa shape index (κ1) is 8.00. The van der Waals surface area contributed by atoms with Gasteiger partial charge in [-0.3, -0.25) is 4.79 Å². The van der Waals surface area contributed by atoms with Crippen LogP contribution in [0.5, 0.6) is 0 Å². The summed E-state index contributed by atoms with van der Waals surface area (Å²) >= 11 is 3.12. The summed E-state index contributed by atoms with van der Waals surface area (Å²) in [5.74, 6) is -0.579. The van der Waals surface area contributed by atoms with Crippen molar-refractivity contribution < 1.29 is 4.79 Å². The third-order valence-corrected chi connectivity index (χ3v) is 1.54. The Hall–Kier alpha value is -1.10. The maximum atomic E-state index is 10.7. The number of carbonyl (C=O) groups is 1. The minimum atomic E-state index is -0.579. The summed E-state index contributed by atoms with van der Waals surface area (Å²) in [6.07, 6.45) is 1.37. The van der Waals surface area contributed by atoms with Gasteiger partial charge in [-0.05, 0) is 28.1 Å². The minimum Gasteiger partial charge on any atom is -0.265 e. The summed E-state index contributed by atoms with van der Waals surface area (Å²) in [4.78, 5) is 14.5. The van der Waals surface area contributed by atoms with Crippen LogP contribution in [0.25, 0.3) is 0 Å². The monoisotopic (exact) mass is 213 g/mol. The highest BCUT2D eigenvalue weighted by Crippen LogP contribution is 2.06. The van der Waals surface area contributed by atoms with Crippen molar-refractivity contribution >= 4 is 21.8 Å². The van der Waals surface area contributed by atoms with Gasteiger partial charge in [-0.2, -0.15) is 0 Å². The van der Waals surface area contributed by atoms with Gasteiger partial charge in [0.2, 0.25) is 0 Å². The number of amides is 1. The van der Waals surface area contributed by atoms with E-state index in [1.54, 1.807) is 12.1 Å². The molecule has 0 spiro atoms. The first-order valence-electron chi connectivity index (χ1n) is 2.77. The van der Waals surface area contributed by atoms with Crippen LogP contribution in [-0.4, -0.2) is 10.9 Å². The van der Waals surface area contributed by atoms with Crippen LogP contribution in [0, 0.1) is 5.53 Å². The van der Waals surface area contributed by atoms with Crippen LogP contribution >= 0.6 is 15.9 Å². The average molecular weight is 214 g/mol. The zero-order chi connectivity index (χ0) is 8.27. The largest absolute Gasteiger partial charge is 0.296 e. The topological polar surface area (TPSA) is 66.2 Å². The van der Waals surface area contributed by atoms with Crippen molar-refractivity contribution in [1.29, 1.82) is 5.53 Å². The molecule has 0 aliphatic rings. The van der Waals surface area contributed by atoms with Gasteiger partial charge in [-0.25, -0.2) is 10.5 Å². The molecule has 1 heterocycles. The molecule has 1 aromatic heterocycles. The highest BCUT2D eigenvalue weighted by atomic mass is 79.9. The molecule has 0 atom stereocenters. The lowest BCUT2D eigenvalue weighted by Gasteiger charge is -1.91. The molecule has 0 aromatic carbocycles. The average Bonchev–Trinajstić information content (AvgIpc) is 2.05. The smallest absolute Gasteiger partial charge is 0.265 e. The van der Waals surface area contributed by atoms with Gasteiger partial charge in [0.05, 0.1) is 5.56 Å². The van der Waals surface area contributed by atoms with Crippen molar-refractivity contribution in [2.24, 2.45) is 5.11 Å². The van der Waals surface area contributed by atoms with Crippen molar-refractivity contribution in [2.75, 3.05) is 0 Å². The van der Waals surface area contributed by atoms with Gasteiger partial charge in [-0.15, -0.1) is 5.11 Å². The lowest BCUT2D eigenvalue weighted by Crippen LogP contribution is -1.93. The van der Waals surface area contributed by atoms with Crippen LogP contribution < -0.4 is 0 Å². The van der Waals surface area contributed by atoms with Gasteiger partial charge >= 0.3 is 0 Å². The van der Waals surface area contributed by atoms with Crippen LogP contribution in [0.3, 0.4) is 0 Å². The van der Waals surface area contributed by atoms with E-state index in [1.807, 2.05) is 0 Å². The lowest BCUT2D eigenvalue weighted by atomic mass is 10.3. The summed E-state index contributed by atoms with van der Waals surface area (Å²) in [7, 11) is 0. The van der Waals surface area contributed by atoms with E-state index >= 15 is 0 Å². The Morgan fingerprint density at radius 1 is 1.64 bits per heavy atom. The first-order valence-corrected chi connectivity index (χ1v) is 3.56. The van der Waals surface area contributed by atoms with Crippen LogP contribution in [0.2, 0.25) is 0 Å². The van der Waals surface area contributed by atoms with Gasteiger partial charge in [0.1, 0.15) is 4.60 Å². The molecule has 56 valence electrons. The molecular weight excluding hydrogens is 210 g/mol. The zero-order valence-electron chi connectivity index (χ0n) is 5.41. The fourth-order valence-electron chi connectivity index (χ4n) is 0.567. The Labute approximate surface area is 71.3 Å². The van der Waals surface area contributed by atoms with E-state index in [4.69, 9.17) is 5.53 Å². The second-order valence-corrected chi connectivity index (χ2v) is 2.60. The number of halogens is 1. The Morgan fingerprint density at radius 3 is 2.82 bits per heavy atom. The van der Waals surface area contributed by atoms with Crippen molar-refractivity contribution in [3.05, 3.63) is 28.5 Å². The second-order valence-electron chi connectivity index (χ2n) is 1.79. The molecule has 1 N–H and O–H groups in total. The molecule has 11 heavy (non-hydrogen) atoms. The van der Waals surface area contributed by atoms with Gasteiger partial charge in [0.15, 0.2) is 0 Å². The fraction of sp³-hybridized carbons (Fsp3) is 0. The summed E-state index contributed by atoms with van der Waals surface area (Å²) in [6, 6.07) is 3.18. The van der Waals surface area contributed by atoms with E-state index in [0.29, 0.717) is 10.2 Å². The molecule has 1 aromatic rings. The fourth-order valence-corrected chi connectivity index (χ4v) is 0.801. The third kappa shape index (κ3) is 1.91. The van der Waals surface area contributed by atoms with Crippen molar-refractivity contribution in [2.45, 2.75) is 0 Å². The summed E-state index contributed by atoms with van der Waals surface area (Å²) < 4.78 is 0.652. The number of nitrogens with one attached hydrogen (secondary N) is 1. The maximum Gasteiger partial charge on any atom is 0.296 e. The number of rotatable bonds is 1. The number of hydrogen-bond acceptors (Lipinski definition) is 3. The standard InChI is InChI=1S/C6H4BrN3O/c7-5-2-1-4(3-9-5)6(11)10-8/h1-3,8H. The van der Waals surface area contributed by atoms with Crippen molar-refractivity contribution in [1.82, 2.24) is 4.98 Å². The van der Waals surface area contributed by atoms with Gasteiger partial charge in [0, 0.05) is 6.20 Å². The molecule has 0 saturated heterocycles. The lowest BCUT2D eigenvalue weighted by molar-refractivity contribution is 0.0990. The molecule has 0 fully saturated rings. The van der Waals surface area contributed by atoms with Gasteiger partial charge in [0.25, 0.3) is 5.91 Å². The zero-order valence-corrected chi connectivity index (χ0v) is 7.00. The molecule has 1 rings (SSSR count). The normalized spacial score (nSPS) is 9.18. The van der Waals surface area contributed by atoms with Crippen LogP contribution in [0.4, 0.5) is 0 Å². The molecule has 0 bridgehead atoms. The summed E-state index contributed by atoms with van der Waals surface area (Å²) in [6.45, 7) is 0. The van der Waals surface area contributed by atoms with Crippen molar-refractivity contribution in [3.63, 3.8) is 0 Å². The first-order chi connectivity index (χ1) is 5.24. The maximum absolute atomic E-state index is 10.7. The van der Waals surface area contributed by atoms with Gasteiger partial charge < -0.3 is 0 Å². The molecule has 0 aliphatic carbocycles. The molecule has 0 saturated carbocycles. The predicted molar refractivity (Wildman–Crippen MR) is 41.4 cm³/mol. The third-order valence-electron chi connectivity index (χ3n) is 1.08. The molecule has 5 heteroatoms. The Balaban J connectivity index is 2.98. The van der Waals surface area contributed by atoms with E-state index in [0.717, 1.165) is 0 Å². The van der Waals surface area contributed by atoms with E-state index < -0.39 is 5.91 Å². The van der Waals surface area contributed by atoms with E-state index in [-0.39, 0.29) is 0 Å². The number of aromatic nitrogens is 1. The predicted octanol–water partition coefficient (Wildman–Crippen LogP) is 2.02. The highest BCUT2D eigenvalue weighted by molar-refractivity contribution is 9.10. The molecular formula is C6H4BrN3O. The Morgan fingerprint density at radius 2 is 2.36 bits per heavy atom. The van der Waals surface area contributed by atoms with E-state index in [9.17, 15) is 4.79 Å².